The Balaban J connectivity index is 2.19. The maximum atomic E-state index is 13.8. The number of nitrogens with one attached hydrogen (secondary N) is 4. The van der Waals surface area contributed by atoms with Crippen LogP contribution in [0.15, 0.2) is 60.7 Å². The molecule has 0 bridgehead atoms. The lowest BCUT2D eigenvalue weighted by atomic mass is 9.90. The van der Waals surface area contributed by atoms with Crippen LogP contribution < -0.4 is 21.3 Å². The molecule has 0 heterocycles. The summed E-state index contributed by atoms with van der Waals surface area (Å²) in [6, 6.07) is 16.0. The summed E-state index contributed by atoms with van der Waals surface area (Å²) in [5.41, 5.74) is 1.64. The first-order valence-electron chi connectivity index (χ1n) is 17.5. The van der Waals surface area contributed by atoms with Crippen molar-refractivity contribution >= 4 is 23.8 Å². The second-order valence-corrected chi connectivity index (χ2v) is 13.4. The number of unbranched alkanes of at least 4 members (excludes halogenated alkanes) is 1. The van der Waals surface area contributed by atoms with Crippen LogP contribution in [0.4, 0.5) is 4.79 Å². The van der Waals surface area contributed by atoms with Crippen molar-refractivity contribution in [1.82, 2.24) is 21.3 Å². The zero-order valence-electron chi connectivity index (χ0n) is 29.7. The van der Waals surface area contributed by atoms with Crippen LogP contribution >= 0.6 is 0 Å². The molecule has 0 aliphatic rings. The molecule has 10 heteroatoms. The van der Waals surface area contributed by atoms with Crippen molar-refractivity contribution in [1.29, 1.82) is 0 Å². The Morgan fingerprint density at radius 2 is 1.33 bits per heavy atom. The van der Waals surface area contributed by atoms with E-state index in [9.17, 15) is 24.3 Å². The highest BCUT2D eigenvalue weighted by molar-refractivity contribution is 5.91. The van der Waals surface area contributed by atoms with Crippen molar-refractivity contribution in [3.8, 4) is 0 Å². The molecule has 0 spiro atoms. The summed E-state index contributed by atoms with van der Waals surface area (Å²) in [4.78, 5) is 53.2. The van der Waals surface area contributed by atoms with E-state index in [0.29, 0.717) is 38.1 Å². The molecule has 0 aliphatic carbocycles. The molecule has 5 atom stereocenters. The van der Waals surface area contributed by atoms with E-state index in [1.54, 1.807) is 0 Å². The van der Waals surface area contributed by atoms with E-state index < -0.39 is 48.1 Å². The van der Waals surface area contributed by atoms with Crippen LogP contribution in [-0.4, -0.2) is 59.7 Å². The minimum Gasteiger partial charge on any atom is -0.445 e. The van der Waals surface area contributed by atoms with E-state index in [-0.39, 0.29) is 31.3 Å². The third kappa shape index (κ3) is 15.3. The van der Waals surface area contributed by atoms with Gasteiger partial charge in [-0.05, 0) is 48.6 Å². The summed E-state index contributed by atoms with van der Waals surface area (Å²) in [5, 5.41) is 22.8. The van der Waals surface area contributed by atoms with Crippen LogP contribution in [0.25, 0.3) is 0 Å². The average Bonchev–Trinajstić information content (AvgIpc) is 3.06. The highest BCUT2D eigenvalue weighted by atomic mass is 16.5. The van der Waals surface area contributed by atoms with Gasteiger partial charge in [0, 0.05) is 18.9 Å². The minimum absolute atomic E-state index is 0.0473. The number of carbonyl (C=O) groups is 4. The van der Waals surface area contributed by atoms with Crippen LogP contribution in [0.1, 0.15) is 91.2 Å². The van der Waals surface area contributed by atoms with E-state index in [0.717, 1.165) is 17.5 Å². The van der Waals surface area contributed by atoms with E-state index >= 15 is 0 Å². The van der Waals surface area contributed by atoms with Gasteiger partial charge in [-0.15, -0.1) is 0 Å². The number of rotatable bonds is 21. The van der Waals surface area contributed by atoms with Crippen molar-refractivity contribution in [2.45, 2.75) is 117 Å². The molecule has 10 nitrogen and oxygen atoms in total. The smallest absolute Gasteiger partial charge is 0.408 e. The van der Waals surface area contributed by atoms with Gasteiger partial charge in [-0.2, -0.15) is 0 Å². The maximum Gasteiger partial charge on any atom is 0.408 e. The van der Waals surface area contributed by atoms with E-state index in [4.69, 9.17) is 4.74 Å². The largest absolute Gasteiger partial charge is 0.445 e. The zero-order chi connectivity index (χ0) is 35.5. The number of carbonyl (C=O) groups excluding carboxylic acids is 4. The van der Waals surface area contributed by atoms with E-state index in [1.807, 2.05) is 102 Å². The van der Waals surface area contributed by atoms with Gasteiger partial charge in [0.05, 0.1) is 12.1 Å². The lowest BCUT2D eigenvalue weighted by molar-refractivity contribution is -0.131. The third-order valence-corrected chi connectivity index (χ3v) is 8.17. The van der Waals surface area contributed by atoms with Gasteiger partial charge in [-0.25, -0.2) is 4.79 Å². The lowest BCUT2D eigenvalue weighted by Crippen LogP contribution is -2.57. The Morgan fingerprint density at radius 3 is 1.90 bits per heavy atom. The van der Waals surface area contributed by atoms with Crippen LogP contribution in [0.5, 0.6) is 0 Å². The fourth-order valence-corrected chi connectivity index (χ4v) is 5.38. The number of benzene rings is 2. The second kappa shape index (κ2) is 21.9. The molecule has 266 valence electrons. The summed E-state index contributed by atoms with van der Waals surface area (Å²) < 4.78 is 5.40. The van der Waals surface area contributed by atoms with Crippen molar-refractivity contribution in [2.75, 3.05) is 6.54 Å². The van der Waals surface area contributed by atoms with Gasteiger partial charge in [0.2, 0.25) is 17.7 Å². The Morgan fingerprint density at radius 1 is 0.729 bits per heavy atom. The summed E-state index contributed by atoms with van der Waals surface area (Å²) in [7, 11) is 0. The van der Waals surface area contributed by atoms with Gasteiger partial charge in [0.15, 0.2) is 0 Å². The molecule has 0 saturated carbocycles. The Kier molecular flexibility index (Phi) is 18.3. The Bertz CT molecular complexity index is 1240. The number of ether oxygens (including phenoxy) is 1. The third-order valence-electron chi connectivity index (χ3n) is 8.17. The summed E-state index contributed by atoms with van der Waals surface area (Å²) >= 11 is 0. The van der Waals surface area contributed by atoms with Gasteiger partial charge in [-0.3, -0.25) is 14.4 Å². The SMILES string of the molecule is CCCC[C@H](NC(=O)[C@H](Cc1ccccc1)NC(=O)OCc1ccccc1)C(=O)N[C@@H](CC(C)C)[C@@H](O)C[C@@H](CC)C(=O)NCC(C)C. The number of hydrogen-bond acceptors (Lipinski definition) is 6. The van der Waals surface area contributed by atoms with Crippen LogP contribution in [0, 0.1) is 17.8 Å². The highest BCUT2D eigenvalue weighted by Gasteiger charge is 2.32. The monoisotopic (exact) mass is 666 g/mol. The van der Waals surface area contributed by atoms with Crippen LogP contribution in [0.2, 0.25) is 0 Å². The fraction of sp³-hybridized carbons (Fsp3) is 0.579. The molecule has 0 unspecified atom stereocenters. The first-order chi connectivity index (χ1) is 22.9. The standard InChI is InChI=1S/C38H58N4O6/c1-7-9-20-31(36(45)41-32(21-26(3)4)34(43)23-30(8-2)35(44)39-24-27(5)6)40-37(46)33(22-28-16-12-10-13-17-28)42-38(47)48-25-29-18-14-11-15-19-29/h10-19,26-27,30-34,43H,7-9,20-25H2,1-6H3,(H,39,44)(H,40,46)(H,41,45)(H,42,47)/t30-,31+,32+,33+,34+/m1/s1. The first-order valence-corrected chi connectivity index (χ1v) is 17.5. The number of amides is 4. The molecule has 2 rings (SSSR count). The first kappa shape index (κ1) is 40.3. The summed E-state index contributed by atoms with van der Waals surface area (Å²) in [5.74, 6) is -0.962. The molecule has 5 N–H and O–H groups in total. The van der Waals surface area contributed by atoms with Gasteiger partial charge >= 0.3 is 6.09 Å². The number of hydrogen-bond donors (Lipinski definition) is 5. The van der Waals surface area contributed by atoms with Gasteiger partial charge in [0.1, 0.15) is 18.7 Å². The van der Waals surface area contributed by atoms with Crippen LogP contribution in [-0.2, 0) is 32.1 Å². The minimum atomic E-state index is -1.00. The Hall–Kier alpha value is -3.92. The van der Waals surface area contributed by atoms with E-state index in [2.05, 4.69) is 21.3 Å². The normalized spacial score (nSPS) is 14.4. The quantitative estimate of drug-likeness (QED) is 0.123. The highest BCUT2D eigenvalue weighted by Crippen LogP contribution is 2.19. The fourth-order valence-electron chi connectivity index (χ4n) is 5.38. The second-order valence-electron chi connectivity index (χ2n) is 13.4. The molecule has 0 fully saturated rings. The van der Waals surface area contributed by atoms with Crippen LogP contribution in [0.3, 0.4) is 0 Å². The molecule has 0 aromatic heterocycles. The predicted octanol–water partition coefficient (Wildman–Crippen LogP) is 5.28. The molecule has 0 aliphatic heterocycles. The van der Waals surface area contributed by atoms with E-state index in [1.165, 1.54) is 0 Å². The van der Waals surface area contributed by atoms with Gasteiger partial charge in [0.25, 0.3) is 0 Å². The molecule has 0 radical (unpaired) electrons. The van der Waals surface area contributed by atoms with Gasteiger partial charge < -0.3 is 31.1 Å². The zero-order valence-corrected chi connectivity index (χ0v) is 29.7. The molecular formula is C38H58N4O6. The number of alkyl carbamates (subject to hydrolysis) is 1. The molecule has 48 heavy (non-hydrogen) atoms. The summed E-state index contributed by atoms with van der Waals surface area (Å²) in [6.07, 6.45) is 1.62. The molecular weight excluding hydrogens is 608 g/mol. The lowest BCUT2D eigenvalue weighted by Gasteiger charge is -2.30. The number of aliphatic hydroxyl groups is 1. The van der Waals surface area contributed by atoms with Crippen molar-refractivity contribution in [3.63, 3.8) is 0 Å². The Labute approximate surface area is 287 Å². The summed E-state index contributed by atoms with van der Waals surface area (Å²) in [6.45, 7) is 12.6. The van der Waals surface area contributed by atoms with Gasteiger partial charge in [-0.1, -0.05) is 115 Å². The molecule has 4 amide bonds. The maximum absolute atomic E-state index is 13.8. The average molecular weight is 667 g/mol. The number of aliphatic hydroxyl groups excluding tert-OH is 1. The van der Waals surface area contributed by atoms with Crippen molar-refractivity contribution in [3.05, 3.63) is 71.8 Å². The molecule has 2 aromatic carbocycles. The van der Waals surface area contributed by atoms with Crippen molar-refractivity contribution in [2.24, 2.45) is 17.8 Å². The molecule has 0 saturated heterocycles. The topological polar surface area (TPSA) is 146 Å². The predicted molar refractivity (Wildman–Crippen MR) is 189 cm³/mol. The van der Waals surface area contributed by atoms with Crippen molar-refractivity contribution < 1.29 is 29.0 Å². The molecule has 2 aromatic rings.